The van der Waals surface area contributed by atoms with Crippen LogP contribution in [0.1, 0.15) is 15.9 Å². The fourth-order valence-corrected chi connectivity index (χ4v) is 1.59. The summed E-state index contributed by atoms with van der Waals surface area (Å²) in [6, 6.07) is 9.97. The average molecular weight is 277 g/mol. The fourth-order valence-electron chi connectivity index (χ4n) is 1.38. The Morgan fingerprint density at radius 2 is 1.89 bits per heavy atom. The number of aromatic nitrogens is 1. The molecule has 0 saturated carbocycles. The lowest BCUT2D eigenvalue weighted by Gasteiger charge is -2.01. The Labute approximate surface area is 114 Å². The number of hydrogen-bond acceptors (Lipinski definition) is 3. The van der Waals surface area contributed by atoms with E-state index in [1.807, 2.05) is 0 Å². The zero-order valence-electron chi connectivity index (χ0n) is 9.84. The van der Waals surface area contributed by atoms with Crippen LogP contribution in [0, 0.1) is 0 Å². The predicted octanol–water partition coefficient (Wildman–Crippen LogP) is 1.63. The number of rotatable bonds is 3. The second-order valence-corrected chi connectivity index (χ2v) is 4.03. The van der Waals surface area contributed by atoms with Gasteiger partial charge in [0.1, 0.15) is 0 Å². The minimum atomic E-state index is -0.656. The maximum atomic E-state index is 11.7. The predicted molar refractivity (Wildman–Crippen MR) is 70.6 cm³/mol. The van der Waals surface area contributed by atoms with Gasteiger partial charge in [-0.05, 0) is 12.1 Å². The summed E-state index contributed by atoms with van der Waals surface area (Å²) in [6.07, 6.45) is 3.38. The summed E-state index contributed by atoms with van der Waals surface area (Å²) in [5.74, 6) is -0.551. The summed E-state index contributed by atoms with van der Waals surface area (Å²) < 4.78 is 0. The number of amidine groups is 1. The van der Waals surface area contributed by atoms with Gasteiger partial charge < -0.3 is 10.6 Å². The van der Waals surface area contributed by atoms with Crippen molar-refractivity contribution in [1.82, 2.24) is 0 Å². The lowest BCUT2D eigenvalue weighted by Crippen LogP contribution is -2.16. The van der Waals surface area contributed by atoms with E-state index in [1.54, 1.807) is 48.8 Å². The molecule has 0 radical (unpaired) electrons. The number of hydrogen-bond donors (Lipinski definition) is 1. The molecule has 0 amide bonds. The van der Waals surface area contributed by atoms with Gasteiger partial charge in [0.25, 0.3) is 0 Å². The van der Waals surface area contributed by atoms with Crippen molar-refractivity contribution in [1.29, 1.82) is 0 Å². The molecule has 1 heterocycles. The molecular weight excluding hydrogens is 266 g/mol. The molecule has 5 nitrogen and oxygen atoms in total. The van der Waals surface area contributed by atoms with Gasteiger partial charge >= 0.3 is 5.97 Å². The van der Waals surface area contributed by atoms with Crippen LogP contribution >= 0.6 is 11.6 Å². The second-order valence-electron chi connectivity index (χ2n) is 3.62. The Bertz CT molecular complexity index is 614. The molecule has 0 aliphatic rings. The molecule has 6 heteroatoms. The van der Waals surface area contributed by atoms with Crippen molar-refractivity contribution in [2.45, 2.75) is 0 Å². The summed E-state index contributed by atoms with van der Waals surface area (Å²) in [5, 5.41) is 3.89. The number of carbonyl (C=O) groups is 1. The molecule has 0 atom stereocenters. The molecule has 0 bridgehead atoms. The first-order chi connectivity index (χ1) is 9.18. The standard InChI is InChI=1S/C13H10ClN3O2/c14-11-4-2-1-3-10(11)13(18)19-17-12(15)9-5-7-16-8-6-9/h1-8H,(H2,15,17)/p+1. The molecule has 0 unspecified atom stereocenters. The maximum Gasteiger partial charge on any atom is 0.367 e. The summed E-state index contributed by atoms with van der Waals surface area (Å²) in [6.45, 7) is 0. The zero-order valence-corrected chi connectivity index (χ0v) is 10.6. The third-order valence-electron chi connectivity index (χ3n) is 2.33. The summed E-state index contributed by atoms with van der Waals surface area (Å²) >= 11 is 5.87. The van der Waals surface area contributed by atoms with Crippen molar-refractivity contribution in [3.63, 3.8) is 0 Å². The van der Waals surface area contributed by atoms with Gasteiger partial charge in [-0.25, -0.2) is 9.78 Å². The third-order valence-corrected chi connectivity index (χ3v) is 2.66. The second kappa shape index (κ2) is 5.97. The highest BCUT2D eigenvalue weighted by Crippen LogP contribution is 2.15. The summed E-state index contributed by atoms with van der Waals surface area (Å²) in [5.41, 5.74) is 6.57. The number of benzene rings is 1. The Balaban J connectivity index is 2.11. The number of H-pyrrole nitrogens is 1. The van der Waals surface area contributed by atoms with E-state index >= 15 is 0 Å². The van der Waals surface area contributed by atoms with E-state index in [-0.39, 0.29) is 11.4 Å². The largest absolute Gasteiger partial charge is 0.380 e. The number of nitrogens with two attached hydrogens (primary N) is 1. The van der Waals surface area contributed by atoms with E-state index in [1.165, 1.54) is 0 Å². The van der Waals surface area contributed by atoms with Crippen LogP contribution in [0.15, 0.2) is 53.9 Å². The topological polar surface area (TPSA) is 78.8 Å². The number of carbonyl (C=O) groups excluding carboxylic acids is 1. The molecule has 19 heavy (non-hydrogen) atoms. The molecular formula is C13H11ClN3O2+. The molecule has 96 valence electrons. The van der Waals surface area contributed by atoms with Crippen molar-refractivity contribution in [3.8, 4) is 0 Å². The quantitative estimate of drug-likeness (QED) is 0.400. The van der Waals surface area contributed by atoms with Crippen LogP contribution in [0.3, 0.4) is 0 Å². The molecule has 0 aliphatic heterocycles. The van der Waals surface area contributed by atoms with E-state index in [0.29, 0.717) is 10.6 Å². The molecule has 2 rings (SSSR count). The molecule has 1 aromatic carbocycles. The maximum absolute atomic E-state index is 11.7. The van der Waals surface area contributed by atoms with Gasteiger partial charge in [-0.3, -0.25) is 0 Å². The Kier molecular flexibility index (Phi) is 4.10. The average Bonchev–Trinajstić information content (AvgIpc) is 2.46. The van der Waals surface area contributed by atoms with Crippen molar-refractivity contribution < 1.29 is 14.6 Å². The third kappa shape index (κ3) is 3.29. The molecule has 0 aliphatic carbocycles. The number of aromatic amines is 1. The van der Waals surface area contributed by atoms with Crippen LogP contribution in [0.4, 0.5) is 0 Å². The van der Waals surface area contributed by atoms with Crippen LogP contribution in [0.2, 0.25) is 5.02 Å². The van der Waals surface area contributed by atoms with Crippen molar-refractivity contribution in [3.05, 3.63) is 64.9 Å². The van der Waals surface area contributed by atoms with Gasteiger partial charge in [0.15, 0.2) is 18.2 Å². The minimum absolute atomic E-state index is 0.106. The Morgan fingerprint density at radius 3 is 2.58 bits per heavy atom. The molecule has 2 aromatic rings. The number of oxime groups is 1. The van der Waals surface area contributed by atoms with E-state index < -0.39 is 5.97 Å². The molecule has 1 aromatic heterocycles. The lowest BCUT2D eigenvalue weighted by atomic mass is 10.2. The first kappa shape index (κ1) is 13.0. The highest BCUT2D eigenvalue weighted by atomic mass is 35.5. The molecule has 0 saturated heterocycles. The van der Waals surface area contributed by atoms with E-state index in [4.69, 9.17) is 22.2 Å². The zero-order chi connectivity index (χ0) is 13.7. The first-order valence-corrected chi connectivity index (χ1v) is 5.82. The number of nitrogens with one attached hydrogen (secondary N) is 1. The monoisotopic (exact) mass is 276 g/mol. The van der Waals surface area contributed by atoms with E-state index in [9.17, 15) is 4.79 Å². The van der Waals surface area contributed by atoms with Crippen LogP contribution in [-0.2, 0) is 4.84 Å². The number of nitrogens with zero attached hydrogens (tertiary/aromatic N) is 1. The van der Waals surface area contributed by atoms with Crippen LogP contribution in [0.25, 0.3) is 0 Å². The SMILES string of the molecule is NC(=NOC(=O)c1ccccc1Cl)c1cc[nH+]cc1. The van der Waals surface area contributed by atoms with Crippen LogP contribution in [0.5, 0.6) is 0 Å². The molecule has 0 fully saturated rings. The highest BCUT2D eigenvalue weighted by molar-refractivity contribution is 6.33. The van der Waals surface area contributed by atoms with Gasteiger partial charge in [0, 0.05) is 17.7 Å². The van der Waals surface area contributed by atoms with Crippen molar-refractivity contribution in [2.75, 3.05) is 0 Å². The smallest absolute Gasteiger partial charge is 0.367 e. The van der Waals surface area contributed by atoms with Gasteiger partial charge in [-0.2, -0.15) is 0 Å². The van der Waals surface area contributed by atoms with Crippen LogP contribution < -0.4 is 10.7 Å². The number of pyridine rings is 1. The Hall–Kier alpha value is -2.40. The van der Waals surface area contributed by atoms with E-state index in [0.717, 1.165) is 0 Å². The number of halogens is 1. The normalized spacial score (nSPS) is 11.1. The first-order valence-electron chi connectivity index (χ1n) is 5.44. The highest BCUT2D eigenvalue weighted by Gasteiger charge is 2.11. The molecule has 0 spiro atoms. The summed E-state index contributed by atoms with van der Waals surface area (Å²) in [4.78, 5) is 19.3. The van der Waals surface area contributed by atoms with Gasteiger partial charge in [-0.1, -0.05) is 28.9 Å². The minimum Gasteiger partial charge on any atom is -0.380 e. The fraction of sp³-hybridized carbons (Fsp3) is 0. The van der Waals surface area contributed by atoms with Crippen molar-refractivity contribution >= 4 is 23.4 Å². The van der Waals surface area contributed by atoms with Crippen molar-refractivity contribution in [2.24, 2.45) is 10.9 Å². The van der Waals surface area contributed by atoms with Crippen LogP contribution in [-0.4, -0.2) is 11.8 Å². The van der Waals surface area contributed by atoms with Gasteiger partial charge in [0.05, 0.1) is 10.6 Å². The lowest BCUT2D eigenvalue weighted by molar-refractivity contribution is -0.378. The summed E-state index contributed by atoms with van der Waals surface area (Å²) in [7, 11) is 0. The van der Waals surface area contributed by atoms with Gasteiger partial charge in [0.2, 0.25) is 0 Å². The Morgan fingerprint density at radius 1 is 1.21 bits per heavy atom. The molecule has 3 N–H and O–H groups in total. The van der Waals surface area contributed by atoms with Gasteiger partial charge in [-0.15, -0.1) is 0 Å². The van der Waals surface area contributed by atoms with E-state index in [2.05, 4.69) is 10.1 Å².